The number of likely N-dealkylation sites (tertiary alicyclic amines) is 1. The van der Waals surface area contributed by atoms with E-state index in [4.69, 9.17) is 9.47 Å². The van der Waals surface area contributed by atoms with Crippen molar-refractivity contribution in [2.24, 2.45) is 0 Å². The minimum atomic E-state index is -1.91. The summed E-state index contributed by atoms with van der Waals surface area (Å²) in [6, 6.07) is 12.3. The van der Waals surface area contributed by atoms with E-state index in [0.717, 1.165) is 9.37 Å². The summed E-state index contributed by atoms with van der Waals surface area (Å²) in [6.07, 6.45) is -0.854. The molecule has 2 amide bonds. The van der Waals surface area contributed by atoms with Crippen LogP contribution in [0.1, 0.15) is 58.6 Å². The van der Waals surface area contributed by atoms with E-state index in [1.165, 1.54) is 24.3 Å². The van der Waals surface area contributed by atoms with Crippen LogP contribution in [-0.2, 0) is 24.5 Å². The maximum absolute atomic E-state index is 14.0. The highest BCUT2D eigenvalue weighted by molar-refractivity contribution is 9.10. The number of carbonyl (C=O) groups is 3. The van der Waals surface area contributed by atoms with E-state index in [-0.39, 0.29) is 12.1 Å². The number of esters is 1. The van der Waals surface area contributed by atoms with Crippen molar-refractivity contribution >= 4 is 33.9 Å². The number of ether oxygens (including phenoxy) is 2. The van der Waals surface area contributed by atoms with Gasteiger partial charge in [-0.05, 0) is 76.9 Å². The van der Waals surface area contributed by atoms with E-state index in [0.29, 0.717) is 5.56 Å². The van der Waals surface area contributed by atoms with Crippen LogP contribution < -0.4 is 0 Å². The lowest BCUT2D eigenvalue weighted by Gasteiger charge is -2.34. The monoisotopic (exact) mass is 533 g/mol. The maximum atomic E-state index is 14.0. The Morgan fingerprint density at radius 1 is 0.941 bits per heavy atom. The molecule has 2 atom stereocenters. The lowest BCUT2D eigenvalue weighted by Crippen LogP contribution is -2.51. The third kappa shape index (κ3) is 5.17. The Bertz CT molecular complexity index is 1090. The summed E-state index contributed by atoms with van der Waals surface area (Å²) < 4.78 is 25.9. The van der Waals surface area contributed by atoms with E-state index in [2.05, 4.69) is 15.9 Å². The van der Waals surface area contributed by atoms with Crippen molar-refractivity contribution in [1.82, 2.24) is 4.90 Å². The zero-order valence-corrected chi connectivity index (χ0v) is 21.7. The van der Waals surface area contributed by atoms with E-state index in [1.807, 2.05) is 0 Å². The summed E-state index contributed by atoms with van der Waals surface area (Å²) >= 11 is 3.40. The van der Waals surface area contributed by atoms with Gasteiger partial charge in [-0.1, -0.05) is 40.2 Å². The minimum absolute atomic E-state index is 0.105. The van der Waals surface area contributed by atoms with Crippen molar-refractivity contribution in [1.29, 1.82) is 0 Å². The number of amides is 2. The summed E-state index contributed by atoms with van der Waals surface area (Å²) in [6.45, 7) is 10.1. The number of halogens is 2. The third-order valence-electron chi connectivity index (χ3n) is 5.38. The molecule has 0 unspecified atom stereocenters. The van der Waals surface area contributed by atoms with E-state index >= 15 is 0 Å². The number of hydrogen-bond donors (Lipinski definition) is 0. The molecule has 0 bridgehead atoms. The SMILES string of the molecule is CC(C)(C)OC(=O)N1C[C@@H](c2ccc(Br)cc2)[C@@](C(=O)OC(C)(C)C)(c2ccc(F)cc2)C1=O. The van der Waals surface area contributed by atoms with Crippen molar-refractivity contribution in [2.75, 3.05) is 6.54 Å². The molecule has 0 aromatic heterocycles. The summed E-state index contributed by atoms with van der Waals surface area (Å²) in [5, 5.41) is 0. The number of benzene rings is 2. The van der Waals surface area contributed by atoms with Gasteiger partial charge in [-0.15, -0.1) is 0 Å². The maximum Gasteiger partial charge on any atom is 0.417 e. The van der Waals surface area contributed by atoms with Crippen LogP contribution in [0.2, 0.25) is 0 Å². The molecule has 34 heavy (non-hydrogen) atoms. The highest BCUT2D eigenvalue weighted by Gasteiger charge is 2.64. The number of hydrogen-bond acceptors (Lipinski definition) is 5. The first-order valence-electron chi connectivity index (χ1n) is 10.9. The fourth-order valence-electron chi connectivity index (χ4n) is 4.03. The summed E-state index contributed by atoms with van der Waals surface area (Å²) in [5.74, 6) is -2.88. The molecule has 0 aliphatic carbocycles. The summed E-state index contributed by atoms with van der Waals surface area (Å²) in [4.78, 5) is 41.9. The Hall–Kier alpha value is -2.74. The Morgan fingerprint density at radius 2 is 1.47 bits per heavy atom. The molecule has 1 fully saturated rings. The van der Waals surface area contributed by atoms with Crippen LogP contribution >= 0.6 is 15.9 Å². The zero-order chi connectivity index (χ0) is 25.5. The average Bonchev–Trinajstić information content (AvgIpc) is 3.01. The van der Waals surface area contributed by atoms with Crippen LogP contribution in [0.15, 0.2) is 53.0 Å². The van der Waals surface area contributed by atoms with Gasteiger partial charge < -0.3 is 9.47 Å². The van der Waals surface area contributed by atoms with Crippen LogP contribution in [0.25, 0.3) is 0 Å². The average molecular weight is 534 g/mol. The topological polar surface area (TPSA) is 72.9 Å². The second-order valence-electron chi connectivity index (χ2n) is 10.3. The highest BCUT2D eigenvalue weighted by atomic mass is 79.9. The predicted molar refractivity (Wildman–Crippen MR) is 129 cm³/mol. The van der Waals surface area contributed by atoms with Gasteiger partial charge in [-0.25, -0.2) is 14.1 Å². The van der Waals surface area contributed by atoms with Crippen LogP contribution in [0.5, 0.6) is 0 Å². The van der Waals surface area contributed by atoms with Crippen molar-refractivity contribution < 1.29 is 28.2 Å². The van der Waals surface area contributed by atoms with Gasteiger partial charge in [0.15, 0.2) is 5.41 Å². The minimum Gasteiger partial charge on any atom is -0.459 e. The smallest absolute Gasteiger partial charge is 0.417 e. The molecule has 8 heteroatoms. The molecule has 6 nitrogen and oxygen atoms in total. The molecule has 0 spiro atoms. The molecule has 0 N–H and O–H groups in total. The van der Waals surface area contributed by atoms with Crippen molar-refractivity contribution in [3.63, 3.8) is 0 Å². The molecule has 1 saturated heterocycles. The molecule has 2 aromatic rings. The van der Waals surface area contributed by atoms with Crippen molar-refractivity contribution in [3.05, 3.63) is 69.9 Å². The number of carbonyl (C=O) groups excluding carboxylic acids is 3. The molecular weight excluding hydrogens is 505 g/mol. The van der Waals surface area contributed by atoms with Crippen molar-refractivity contribution in [2.45, 2.75) is 64.1 Å². The van der Waals surface area contributed by atoms with Gasteiger partial charge in [0.1, 0.15) is 17.0 Å². The van der Waals surface area contributed by atoms with Gasteiger partial charge in [0.05, 0.1) is 0 Å². The number of nitrogens with zero attached hydrogens (tertiary/aromatic N) is 1. The van der Waals surface area contributed by atoms with Gasteiger partial charge >= 0.3 is 12.1 Å². The molecule has 1 heterocycles. The molecule has 0 radical (unpaired) electrons. The van der Waals surface area contributed by atoms with Gasteiger partial charge in [0.25, 0.3) is 5.91 Å². The Labute approximate surface area is 207 Å². The standard InChI is InChI=1S/C26H29BrFNO5/c1-24(2,3)33-22(31)26(17-9-13-19(28)14-10-17)20(16-7-11-18(27)12-8-16)15-29(21(26)30)23(32)34-25(4,5)6/h7-14,20H,15H2,1-6H3/t20-,26-/m0/s1. The van der Waals surface area contributed by atoms with E-state index < -0.39 is 46.3 Å². The molecule has 0 saturated carbocycles. The van der Waals surface area contributed by atoms with Crippen LogP contribution in [0, 0.1) is 5.82 Å². The second kappa shape index (κ2) is 9.13. The van der Waals surface area contributed by atoms with Gasteiger partial charge in [-0.2, -0.15) is 0 Å². The lowest BCUT2D eigenvalue weighted by molar-refractivity contribution is -0.165. The molecular formula is C26H29BrFNO5. The van der Waals surface area contributed by atoms with E-state index in [9.17, 15) is 18.8 Å². The van der Waals surface area contributed by atoms with Gasteiger partial charge in [0, 0.05) is 16.9 Å². The van der Waals surface area contributed by atoms with Crippen LogP contribution in [0.3, 0.4) is 0 Å². The van der Waals surface area contributed by atoms with Crippen molar-refractivity contribution in [3.8, 4) is 0 Å². The first kappa shape index (κ1) is 25.9. The third-order valence-corrected chi connectivity index (χ3v) is 5.91. The van der Waals surface area contributed by atoms with E-state index in [1.54, 1.807) is 65.8 Å². The Morgan fingerprint density at radius 3 is 1.97 bits per heavy atom. The molecule has 182 valence electrons. The fraction of sp³-hybridized carbons (Fsp3) is 0.423. The fourth-order valence-corrected chi connectivity index (χ4v) is 4.30. The Kier molecular flexibility index (Phi) is 6.95. The predicted octanol–water partition coefficient (Wildman–Crippen LogP) is 5.73. The number of imide groups is 1. The number of rotatable bonds is 3. The second-order valence-corrected chi connectivity index (χ2v) is 11.2. The first-order valence-corrected chi connectivity index (χ1v) is 11.7. The normalized spacial score (nSPS) is 20.9. The lowest BCUT2D eigenvalue weighted by atomic mass is 9.69. The zero-order valence-electron chi connectivity index (χ0n) is 20.1. The highest BCUT2D eigenvalue weighted by Crippen LogP contribution is 2.48. The largest absolute Gasteiger partial charge is 0.459 e. The molecule has 3 rings (SSSR count). The van der Waals surface area contributed by atoms with Gasteiger partial charge in [-0.3, -0.25) is 9.59 Å². The molecule has 1 aliphatic heterocycles. The van der Waals surface area contributed by atoms with Crippen LogP contribution in [-0.4, -0.2) is 40.6 Å². The van der Waals surface area contributed by atoms with Gasteiger partial charge in [0.2, 0.25) is 0 Å². The molecule has 2 aromatic carbocycles. The quantitative estimate of drug-likeness (QED) is 0.372. The van der Waals surface area contributed by atoms with Crippen LogP contribution in [0.4, 0.5) is 9.18 Å². The first-order chi connectivity index (χ1) is 15.6. The molecule has 1 aliphatic rings. The summed E-state index contributed by atoms with van der Waals surface area (Å²) in [5.41, 5.74) is -2.78. The summed E-state index contributed by atoms with van der Waals surface area (Å²) in [7, 11) is 0. The Balaban J connectivity index is 2.26.